The Morgan fingerprint density at radius 3 is 2.56 bits per heavy atom. The molecule has 0 saturated heterocycles. The summed E-state index contributed by atoms with van der Waals surface area (Å²) in [6.07, 6.45) is 3.78. The first-order chi connectivity index (χ1) is 8.13. The number of sulfone groups is 1. The van der Waals surface area contributed by atoms with Crippen LogP contribution in [0.25, 0.3) is 0 Å². The summed E-state index contributed by atoms with van der Waals surface area (Å²) in [4.78, 5) is 0. The fraction of sp³-hybridized carbons (Fsp3) is 0.727. The van der Waals surface area contributed by atoms with Crippen LogP contribution in [0.1, 0.15) is 38.9 Å². The molecule has 1 rings (SSSR count). The van der Waals surface area contributed by atoms with Crippen LogP contribution in [0.2, 0.25) is 0 Å². The monoisotopic (exact) mass is 337 g/mol. The predicted molar refractivity (Wildman–Crippen MR) is 76.1 cm³/mol. The molecule has 0 spiro atoms. The largest absolute Gasteiger partial charge is 0.321 e. The Morgan fingerprint density at radius 1 is 1.56 bits per heavy atom. The van der Waals surface area contributed by atoms with Crippen LogP contribution in [-0.2, 0) is 16.4 Å². The van der Waals surface area contributed by atoms with Gasteiger partial charge in [-0.3, -0.25) is 4.68 Å². The first-order valence-electron chi connectivity index (χ1n) is 5.79. The van der Waals surface area contributed by atoms with Gasteiger partial charge in [-0.05, 0) is 36.2 Å². The lowest BCUT2D eigenvalue weighted by Crippen LogP contribution is -2.43. The minimum absolute atomic E-state index is 0.629. The first-order valence-corrected chi connectivity index (χ1v) is 8.47. The fourth-order valence-corrected chi connectivity index (χ4v) is 2.75. The van der Waals surface area contributed by atoms with Crippen molar-refractivity contribution >= 4 is 25.8 Å². The summed E-state index contributed by atoms with van der Waals surface area (Å²) in [6, 6.07) is -0.629. The van der Waals surface area contributed by atoms with E-state index in [1.54, 1.807) is 24.7 Å². The van der Waals surface area contributed by atoms with Gasteiger partial charge in [-0.1, -0.05) is 6.92 Å². The van der Waals surface area contributed by atoms with E-state index in [0.29, 0.717) is 6.54 Å². The van der Waals surface area contributed by atoms with Gasteiger partial charge in [-0.2, -0.15) is 5.10 Å². The first kappa shape index (κ1) is 15.7. The third-order valence-corrected chi connectivity index (χ3v) is 6.04. The van der Waals surface area contributed by atoms with Gasteiger partial charge in [0.2, 0.25) is 0 Å². The molecule has 1 aromatic rings. The van der Waals surface area contributed by atoms with E-state index in [1.807, 2.05) is 6.92 Å². The number of hydrogen-bond acceptors (Lipinski definition) is 4. The third kappa shape index (κ3) is 2.78. The van der Waals surface area contributed by atoms with E-state index in [4.69, 9.17) is 5.73 Å². The number of rotatable bonds is 5. The van der Waals surface area contributed by atoms with Crippen molar-refractivity contribution < 1.29 is 8.42 Å². The maximum Gasteiger partial charge on any atom is 0.154 e. The van der Waals surface area contributed by atoms with Crippen molar-refractivity contribution in [3.63, 3.8) is 0 Å². The van der Waals surface area contributed by atoms with Crippen LogP contribution >= 0.6 is 15.9 Å². The standard InChI is InChI=1S/C11H20BrN3O2S/c1-5-6-15-9(8(12)7-14-15)10(13)11(2,3)18(4,16)17/h7,10H,5-6,13H2,1-4H3. The maximum absolute atomic E-state index is 11.8. The molecule has 0 amide bonds. The minimum Gasteiger partial charge on any atom is -0.321 e. The molecule has 5 nitrogen and oxygen atoms in total. The number of nitrogens with zero attached hydrogens (tertiary/aromatic N) is 2. The Balaban J connectivity index is 3.26. The fourth-order valence-electron chi connectivity index (χ4n) is 1.63. The molecule has 0 aliphatic carbocycles. The summed E-state index contributed by atoms with van der Waals surface area (Å²) in [5, 5.41) is 4.22. The minimum atomic E-state index is -3.26. The van der Waals surface area contributed by atoms with Gasteiger partial charge in [0.1, 0.15) is 0 Å². The number of nitrogens with two attached hydrogens (primary N) is 1. The quantitative estimate of drug-likeness (QED) is 0.889. The average molecular weight is 338 g/mol. The normalized spacial score (nSPS) is 14.8. The molecule has 1 unspecified atom stereocenters. The Labute approximate surface area is 117 Å². The lowest BCUT2D eigenvalue weighted by molar-refractivity contribution is 0.457. The van der Waals surface area contributed by atoms with Crippen LogP contribution in [0.3, 0.4) is 0 Å². The third-order valence-electron chi connectivity index (χ3n) is 3.27. The molecule has 18 heavy (non-hydrogen) atoms. The molecule has 2 N–H and O–H groups in total. The molecule has 0 aromatic carbocycles. The van der Waals surface area contributed by atoms with E-state index in [-0.39, 0.29) is 0 Å². The van der Waals surface area contributed by atoms with Gasteiger partial charge >= 0.3 is 0 Å². The lowest BCUT2D eigenvalue weighted by Gasteiger charge is -2.30. The Morgan fingerprint density at radius 2 is 2.11 bits per heavy atom. The molecular formula is C11H20BrN3O2S. The summed E-state index contributed by atoms with van der Waals surface area (Å²) < 4.78 is 25.2. The van der Waals surface area contributed by atoms with Crippen molar-refractivity contribution in [2.45, 2.75) is 44.5 Å². The highest BCUT2D eigenvalue weighted by atomic mass is 79.9. The topological polar surface area (TPSA) is 78.0 Å². The summed E-state index contributed by atoms with van der Waals surface area (Å²) in [6.45, 7) is 6.03. The Hall–Kier alpha value is -0.400. The van der Waals surface area contributed by atoms with Crippen molar-refractivity contribution in [3.8, 4) is 0 Å². The van der Waals surface area contributed by atoms with Crippen LogP contribution in [0.5, 0.6) is 0 Å². The highest BCUT2D eigenvalue weighted by Crippen LogP contribution is 2.33. The van der Waals surface area contributed by atoms with Gasteiger partial charge in [0.15, 0.2) is 9.84 Å². The van der Waals surface area contributed by atoms with Crippen LogP contribution in [0, 0.1) is 0 Å². The maximum atomic E-state index is 11.8. The number of aromatic nitrogens is 2. The number of aryl methyl sites for hydroxylation is 1. The van der Waals surface area contributed by atoms with E-state index in [2.05, 4.69) is 21.0 Å². The van der Waals surface area contributed by atoms with E-state index < -0.39 is 20.6 Å². The smallest absolute Gasteiger partial charge is 0.154 e. The molecule has 7 heteroatoms. The van der Waals surface area contributed by atoms with Crippen LogP contribution in [0.15, 0.2) is 10.7 Å². The molecule has 1 atom stereocenters. The van der Waals surface area contributed by atoms with Gasteiger partial charge < -0.3 is 5.73 Å². The van der Waals surface area contributed by atoms with Crippen molar-refractivity contribution in [3.05, 3.63) is 16.4 Å². The van der Waals surface area contributed by atoms with Gasteiger partial charge in [0.05, 0.1) is 27.2 Å². The van der Waals surface area contributed by atoms with Gasteiger partial charge in [0, 0.05) is 12.8 Å². The van der Waals surface area contributed by atoms with Crippen molar-refractivity contribution in [2.24, 2.45) is 5.73 Å². The molecule has 0 aliphatic rings. The Kier molecular flexibility index (Phi) is 4.61. The van der Waals surface area contributed by atoms with Gasteiger partial charge in [-0.25, -0.2) is 8.42 Å². The highest BCUT2D eigenvalue weighted by Gasteiger charge is 2.40. The molecule has 0 radical (unpaired) electrons. The van der Waals surface area contributed by atoms with E-state index >= 15 is 0 Å². The SMILES string of the molecule is CCCn1ncc(Br)c1C(N)C(C)(C)S(C)(=O)=O. The van der Waals surface area contributed by atoms with Crippen LogP contribution in [0.4, 0.5) is 0 Å². The molecule has 0 saturated carbocycles. The van der Waals surface area contributed by atoms with E-state index in [1.165, 1.54) is 6.26 Å². The molecule has 0 bridgehead atoms. The molecule has 1 aromatic heterocycles. The zero-order chi connectivity index (χ0) is 14.1. The molecule has 1 heterocycles. The zero-order valence-electron chi connectivity index (χ0n) is 11.1. The average Bonchev–Trinajstić information content (AvgIpc) is 2.58. The van der Waals surface area contributed by atoms with Crippen molar-refractivity contribution in [2.75, 3.05) is 6.26 Å². The summed E-state index contributed by atoms with van der Waals surface area (Å²) in [5.74, 6) is 0. The summed E-state index contributed by atoms with van der Waals surface area (Å²) >= 11 is 3.39. The molecule has 0 fully saturated rings. The zero-order valence-corrected chi connectivity index (χ0v) is 13.5. The van der Waals surface area contributed by atoms with Crippen molar-refractivity contribution in [1.82, 2.24) is 9.78 Å². The molecule has 0 aliphatic heterocycles. The van der Waals surface area contributed by atoms with Crippen molar-refractivity contribution in [1.29, 1.82) is 0 Å². The predicted octanol–water partition coefficient (Wildman–Crippen LogP) is 1.88. The van der Waals surface area contributed by atoms with E-state index in [0.717, 1.165) is 16.6 Å². The molecular weight excluding hydrogens is 318 g/mol. The number of hydrogen-bond donors (Lipinski definition) is 1. The van der Waals surface area contributed by atoms with Gasteiger partial charge in [-0.15, -0.1) is 0 Å². The van der Waals surface area contributed by atoms with E-state index in [9.17, 15) is 8.42 Å². The van der Waals surface area contributed by atoms with Gasteiger partial charge in [0.25, 0.3) is 0 Å². The second kappa shape index (κ2) is 5.30. The molecule has 104 valence electrons. The lowest BCUT2D eigenvalue weighted by atomic mass is 10.0. The highest BCUT2D eigenvalue weighted by molar-refractivity contribution is 9.10. The summed E-state index contributed by atoms with van der Waals surface area (Å²) in [7, 11) is -3.26. The Bertz CT molecular complexity index is 522. The second-order valence-corrected chi connectivity index (χ2v) is 8.41. The number of halogens is 1. The summed E-state index contributed by atoms with van der Waals surface area (Å²) in [5.41, 5.74) is 6.89. The van der Waals surface area contributed by atoms with Crippen LogP contribution in [-0.4, -0.2) is 29.2 Å². The second-order valence-electron chi connectivity index (χ2n) is 4.95. The van der Waals surface area contributed by atoms with Crippen LogP contribution < -0.4 is 5.73 Å².